The quantitative estimate of drug-likeness (QED) is 0.106. The molecule has 6 aromatic heterocycles. The van der Waals surface area contributed by atoms with E-state index in [-0.39, 0.29) is 29.6 Å². The topological polar surface area (TPSA) is 199 Å². The van der Waals surface area contributed by atoms with Gasteiger partial charge >= 0.3 is 5.97 Å². The monoisotopic (exact) mass is 1230 g/mol. The number of rotatable bonds is 8. The molecule has 0 saturated heterocycles. The van der Waals surface area contributed by atoms with Crippen molar-refractivity contribution in [2.45, 2.75) is 133 Å². The van der Waals surface area contributed by atoms with Gasteiger partial charge in [-0.3, -0.25) is 44.3 Å². The van der Waals surface area contributed by atoms with Crippen LogP contribution in [-0.2, 0) is 14.4 Å². The number of carboxylic acids is 1. The van der Waals surface area contributed by atoms with E-state index >= 15 is 0 Å². The normalized spacial score (nSPS) is 25.9. The zero-order chi connectivity index (χ0) is 60.8. The number of pyridine rings is 6. The number of amides is 2. The summed E-state index contributed by atoms with van der Waals surface area (Å²) < 4.78 is 0. The molecule has 16 heteroatoms. The summed E-state index contributed by atoms with van der Waals surface area (Å²) in [5.74, 6) is 1.54. The number of halogens is 3. The second kappa shape index (κ2) is 26.6. The van der Waals surface area contributed by atoms with Gasteiger partial charge in [-0.15, -0.1) is 0 Å². The average Bonchev–Trinajstić information content (AvgIpc) is 0.939. The van der Waals surface area contributed by atoms with Crippen molar-refractivity contribution in [3.63, 3.8) is 0 Å². The zero-order valence-electron chi connectivity index (χ0n) is 49.3. The summed E-state index contributed by atoms with van der Waals surface area (Å²) in [6, 6.07) is 34.1. The van der Waals surface area contributed by atoms with Gasteiger partial charge < -0.3 is 21.5 Å². The van der Waals surface area contributed by atoms with E-state index in [1.807, 2.05) is 79.6 Å². The summed E-state index contributed by atoms with van der Waals surface area (Å²) >= 11 is 17.4. The summed E-state index contributed by atoms with van der Waals surface area (Å²) in [4.78, 5) is 62.4. The summed E-state index contributed by atoms with van der Waals surface area (Å²) in [6.07, 6.45) is 36.9. The molecule has 6 fully saturated rings. The maximum Gasteiger partial charge on any atom is 0.306 e. The minimum Gasteiger partial charge on any atom is -0.481 e. The highest BCUT2D eigenvalue weighted by atomic mass is 35.5. The van der Waals surface area contributed by atoms with Crippen molar-refractivity contribution in [3.8, 4) is 0 Å². The lowest BCUT2D eigenvalue weighted by Gasteiger charge is -2.51. The third kappa shape index (κ3) is 14.0. The van der Waals surface area contributed by atoms with Gasteiger partial charge in [-0.2, -0.15) is 0 Å². The van der Waals surface area contributed by atoms with Crippen LogP contribution in [0.4, 0.5) is 17.1 Å². The van der Waals surface area contributed by atoms with Crippen LogP contribution >= 0.6 is 34.8 Å². The van der Waals surface area contributed by atoms with Gasteiger partial charge in [-0.25, -0.2) is 0 Å². The van der Waals surface area contributed by atoms with E-state index in [9.17, 15) is 14.4 Å². The Bertz CT molecular complexity index is 3690. The number of nitrogens with zero attached hydrogens (tertiary/aromatic N) is 6. The molecule has 5 N–H and O–H groups in total. The second-order valence-corrected chi connectivity index (χ2v) is 27.2. The standard InChI is InChI=1S/2C24H24ClN3O.C18H20N2O2.C6H6ClN/c2*25-18-1-3-19(4-2-18)28-23(29)17-13-24(14-17)9-5-16(6-10-24)20-7-12-27-22-8-11-26-15-21(20)22;21-17(22)13-9-18(10-13)5-1-12(2-6-18)14-3-8-20-16-4-7-19-11-15(14)16;7-5-1-3-6(8)4-2-5/h2*1-4,7-8,11-12,15-17H,5-6,9-10,13-14H2,(H,28,29);3-4,7-8,11-13H,1-2,5-6,9-10H2,(H,21,22);1-4H,8H2. The fraction of sp³-hybridized carbons (Fsp3) is 0.375. The summed E-state index contributed by atoms with van der Waals surface area (Å²) in [7, 11) is 0. The molecule has 6 heterocycles. The van der Waals surface area contributed by atoms with E-state index in [2.05, 4.69) is 58.7 Å². The molecule has 88 heavy (non-hydrogen) atoms. The molecule has 2 amide bonds. The van der Waals surface area contributed by atoms with Crippen LogP contribution < -0.4 is 16.4 Å². The van der Waals surface area contributed by atoms with Crippen molar-refractivity contribution in [2.24, 2.45) is 34.0 Å². The number of hydrogen-bond donors (Lipinski definition) is 4. The van der Waals surface area contributed by atoms with Crippen LogP contribution in [0.2, 0.25) is 15.1 Å². The first-order chi connectivity index (χ1) is 42.7. The molecule has 0 unspecified atom stereocenters. The highest BCUT2D eigenvalue weighted by Gasteiger charge is 2.51. The lowest BCUT2D eigenvalue weighted by Crippen LogP contribution is -2.45. The molecule has 15 rings (SSSR count). The molecule has 452 valence electrons. The summed E-state index contributed by atoms with van der Waals surface area (Å²) in [5, 5.41) is 20.8. The molecule has 6 aliphatic carbocycles. The van der Waals surface area contributed by atoms with E-state index in [4.69, 9.17) is 45.6 Å². The van der Waals surface area contributed by atoms with Gasteiger partial charge in [0, 0.05) is 116 Å². The molecular formula is C72H74Cl3N9O4. The molecular weight excluding hydrogens is 1160 g/mol. The molecule has 13 nitrogen and oxygen atoms in total. The van der Waals surface area contributed by atoms with Gasteiger partial charge in [0.25, 0.3) is 0 Å². The Labute approximate surface area is 529 Å². The van der Waals surface area contributed by atoms with Gasteiger partial charge in [0.05, 0.1) is 22.5 Å². The van der Waals surface area contributed by atoms with Gasteiger partial charge in [0.1, 0.15) is 0 Å². The number of anilines is 3. The number of carboxylic acid groups (broad SMARTS) is 1. The smallest absolute Gasteiger partial charge is 0.306 e. The van der Waals surface area contributed by atoms with Crippen LogP contribution in [-0.4, -0.2) is 52.8 Å². The van der Waals surface area contributed by atoms with E-state index in [1.54, 1.807) is 67.1 Å². The minimum atomic E-state index is -0.612. The Morgan fingerprint density at radius 2 is 0.705 bits per heavy atom. The molecule has 3 aromatic carbocycles. The van der Waals surface area contributed by atoms with Crippen LogP contribution in [0.15, 0.2) is 165 Å². The number of benzene rings is 3. The molecule has 0 radical (unpaired) electrons. The molecule has 9 aromatic rings. The average molecular weight is 1240 g/mol. The van der Waals surface area contributed by atoms with Gasteiger partial charge in [-0.1, -0.05) is 34.8 Å². The Balaban J connectivity index is 0.000000122. The first-order valence-electron chi connectivity index (χ1n) is 31.1. The predicted octanol–water partition coefficient (Wildman–Crippen LogP) is 17.6. The number of nitrogen functional groups attached to an aromatic ring is 1. The Morgan fingerprint density at radius 1 is 0.409 bits per heavy atom. The predicted molar refractivity (Wildman–Crippen MR) is 351 cm³/mol. The van der Waals surface area contributed by atoms with Crippen LogP contribution in [0, 0.1) is 34.0 Å². The van der Waals surface area contributed by atoms with E-state index < -0.39 is 5.97 Å². The van der Waals surface area contributed by atoms with Crippen molar-refractivity contribution >= 4 is 102 Å². The minimum absolute atomic E-state index is 0.0949. The highest BCUT2D eigenvalue weighted by molar-refractivity contribution is 6.31. The Morgan fingerprint density at radius 3 is 1.00 bits per heavy atom. The highest BCUT2D eigenvalue weighted by Crippen LogP contribution is 2.60. The van der Waals surface area contributed by atoms with Crippen molar-refractivity contribution in [3.05, 3.63) is 197 Å². The molecule has 0 bridgehead atoms. The van der Waals surface area contributed by atoms with Crippen LogP contribution in [0.3, 0.4) is 0 Å². The van der Waals surface area contributed by atoms with Gasteiger partial charge in [-0.05, 0) is 275 Å². The van der Waals surface area contributed by atoms with E-state index in [1.165, 1.54) is 84.2 Å². The summed E-state index contributed by atoms with van der Waals surface area (Å²) in [6.45, 7) is 0. The third-order valence-electron chi connectivity index (χ3n) is 20.4. The van der Waals surface area contributed by atoms with E-state index in [0.29, 0.717) is 44.0 Å². The van der Waals surface area contributed by atoms with Crippen molar-refractivity contribution < 1.29 is 19.5 Å². The van der Waals surface area contributed by atoms with Crippen molar-refractivity contribution in [1.82, 2.24) is 29.9 Å². The molecule has 6 aliphatic rings. The second-order valence-electron chi connectivity index (χ2n) is 25.9. The largest absolute Gasteiger partial charge is 0.481 e. The summed E-state index contributed by atoms with van der Waals surface area (Å²) in [5.41, 5.74) is 16.0. The fourth-order valence-electron chi connectivity index (χ4n) is 15.5. The van der Waals surface area contributed by atoms with Crippen LogP contribution in [0.25, 0.3) is 32.7 Å². The number of carbonyl (C=O) groups excluding carboxylic acids is 2. The zero-order valence-corrected chi connectivity index (χ0v) is 51.6. The molecule has 0 atom stereocenters. The number of carbonyl (C=O) groups is 3. The number of nitrogens with two attached hydrogens (primary N) is 1. The van der Waals surface area contributed by atoms with E-state index in [0.717, 1.165) is 103 Å². The number of hydrogen-bond acceptors (Lipinski definition) is 10. The van der Waals surface area contributed by atoms with Crippen molar-refractivity contribution in [2.75, 3.05) is 16.4 Å². The van der Waals surface area contributed by atoms with Gasteiger partial charge in [0.2, 0.25) is 11.8 Å². The molecule has 0 aliphatic heterocycles. The van der Waals surface area contributed by atoms with Gasteiger partial charge in [0.15, 0.2) is 0 Å². The Hall–Kier alpha value is -7.58. The fourth-order valence-corrected chi connectivity index (χ4v) is 15.8. The van der Waals surface area contributed by atoms with Crippen molar-refractivity contribution in [1.29, 1.82) is 0 Å². The number of aliphatic carboxylic acids is 1. The SMILES string of the molecule is Nc1ccc(Cl)cc1.O=C(Nc1ccc(Cl)cc1)C1CC2(CCC(c3ccnc4ccncc34)CC2)C1.O=C(Nc1ccc(Cl)cc1)C1CC2(CCC(c3ccnc4ccncc34)CC2)C1.O=C(O)C1CC2(CCC(c3ccnc4ccncc34)CC2)C1. The maximum atomic E-state index is 12.6. The lowest BCUT2D eigenvalue weighted by molar-refractivity contribution is -0.151. The lowest BCUT2D eigenvalue weighted by atomic mass is 9.54. The molecule has 3 spiro atoms. The van der Waals surface area contributed by atoms with Crippen LogP contribution in [0.5, 0.6) is 0 Å². The molecule has 6 saturated carbocycles. The third-order valence-corrected chi connectivity index (χ3v) is 21.2. The number of nitrogens with one attached hydrogen (secondary N) is 2. The van der Waals surface area contributed by atoms with Crippen LogP contribution in [0.1, 0.15) is 150 Å². The number of aromatic nitrogens is 6. The first-order valence-corrected chi connectivity index (χ1v) is 32.3. The Kier molecular flexibility index (Phi) is 18.4. The maximum absolute atomic E-state index is 12.6. The first kappa shape index (κ1) is 60.7. The number of fused-ring (bicyclic) bond motifs is 3.